The number of hydrogen-bond donors (Lipinski definition) is 1. The van der Waals surface area contributed by atoms with Crippen LogP contribution in [0.15, 0.2) is 22.8 Å². The summed E-state index contributed by atoms with van der Waals surface area (Å²) in [6.07, 6.45) is 9.50. The molecule has 0 radical (unpaired) electrons. The van der Waals surface area contributed by atoms with Gasteiger partial charge in [0.2, 0.25) is 5.91 Å². The number of primary amides is 1. The van der Waals surface area contributed by atoms with Crippen LogP contribution in [0.5, 0.6) is 0 Å². The minimum absolute atomic E-state index is 0.225. The SMILES string of the molecule is NC(=O)CCn1c(-c2ccco2)nn(CN(C2CCCC2)C2CC2)c1=S. The molecule has 0 atom stereocenters. The molecule has 0 saturated heterocycles. The van der Waals surface area contributed by atoms with Gasteiger partial charge in [0.05, 0.1) is 12.9 Å². The average Bonchev–Trinajstić information content (AvgIpc) is 3.04. The Morgan fingerprint density at radius 2 is 2.04 bits per heavy atom. The van der Waals surface area contributed by atoms with Crippen LogP contribution >= 0.6 is 12.2 Å². The van der Waals surface area contributed by atoms with Crippen molar-refractivity contribution in [1.82, 2.24) is 19.2 Å². The van der Waals surface area contributed by atoms with E-state index in [9.17, 15) is 4.79 Å². The standard InChI is InChI=1S/C18H25N5O2S/c19-16(24)9-10-21-17(15-6-3-11-25-15)20-23(18(21)26)12-22(14-7-8-14)13-4-1-2-5-13/h3,6,11,13-14H,1-2,4-5,7-10,12H2,(H2,19,24). The van der Waals surface area contributed by atoms with Crippen LogP contribution in [0, 0.1) is 4.77 Å². The van der Waals surface area contributed by atoms with Gasteiger partial charge in [-0.1, -0.05) is 12.8 Å². The van der Waals surface area contributed by atoms with E-state index in [-0.39, 0.29) is 12.3 Å². The molecule has 8 heteroatoms. The Balaban J connectivity index is 1.64. The lowest BCUT2D eigenvalue weighted by molar-refractivity contribution is -0.118. The summed E-state index contributed by atoms with van der Waals surface area (Å²) in [4.78, 5) is 13.8. The van der Waals surface area contributed by atoms with E-state index in [1.807, 2.05) is 21.4 Å². The summed E-state index contributed by atoms with van der Waals surface area (Å²) < 4.78 is 9.88. The van der Waals surface area contributed by atoms with Crippen molar-refractivity contribution in [3.8, 4) is 11.6 Å². The van der Waals surface area contributed by atoms with Crippen LogP contribution in [0.25, 0.3) is 11.6 Å². The third-order valence-corrected chi connectivity index (χ3v) is 5.78. The summed E-state index contributed by atoms with van der Waals surface area (Å²) in [5.41, 5.74) is 5.33. The molecule has 2 aliphatic carbocycles. The van der Waals surface area contributed by atoms with Gasteiger partial charge in [-0.05, 0) is 50.0 Å². The maximum atomic E-state index is 11.3. The maximum Gasteiger partial charge on any atom is 0.219 e. The van der Waals surface area contributed by atoms with Gasteiger partial charge < -0.3 is 10.2 Å². The topological polar surface area (TPSA) is 82.2 Å². The molecule has 1 amide bonds. The van der Waals surface area contributed by atoms with Gasteiger partial charge in [-0.15, -0.1) is 5.10 Å². The Labute approximate surface area is 157 Å². The highest BCUT2D eigenvalue weighted by molar-refractivity contribution is 7.71. The molecule has 0 spiro atoms. The van der Waals surface area contributed by atoms with Crippen LogP contribution in [-0.2, 0) is 18.0 Å². The predicted octanol–water partition coefficient (Wildman–Crippen LogP) is 2.91. The Hall–Kier alpha value is -1.93. The third kappa shape index (κ3) is 3.61. The van der Waals surface area contributed by atoms with Crippen molar-refractivity contribution in [3.05, 3.63) is 23.2 Å². The van der Waals surface area contributed by atoms with Gasteiger partial charge in [0.1, 0.15) is 0 Å². The molecule has 2 aromatic rings. The second kappa shape index (κ2) is 7.36. The van der Waals surface area contributed by atoms with Crippen LogP contribution in [0.3, 0.4) is 0 Å². The number of nitrogens with zero attached hydrogens (tertiary/aromatic N) is 4. The molecule has 4 rings (SSSR count). The number of hydrogen-bond acceptors (Lipinski definition) is 5. The number of rotatable bonds is 8. The fourth-order valence-electron chi connectivity index (χ4n) is 3.87. The van der Waals surface area contributed by atoms with Gasteiger partial charge in [-0.25, -0.2) is 4.68 Å². The highest BCUT2D eigenvalue weighted by atomic mass is 32.1. The molecule has 2 aromatic heterocycles. The summed E-state index contributed by atoms with van der Waals surface area (Å²) in [6, 6.07) is 4.97. The first kappa shape index (κ1) is 17.5. The largest absolute Gasteiger partial charge is 0.461 e. The first-order valence-electron chi connectivity index (χ1n) is 9.39. The molecule has 0 aromatic carbocycles. The fourth-order valence-corrected chi connectivity index (χ4v) is 4.15. The molecule has 2 heterocycles. The quantitative estimate of drug-likeness (QED) is 0.718. The van der Waals surface area contributed by atoms with Gasteiger partial charge >= 0.3 is 0 Å². The van der Waals surface area contributed by atoms with Gasteiger partial charge in [-0.2, -0.15) is 0 Å². The summed E-state index contributed by atoms with van der Waals surface area (Å²) in [5.74, 6) is 0.956. The van der Waals surface area contributed by atoms with E-state index >= 15 is 0 Å². The van der Waals surface area contributed by atoms with E-state index in [1.165, 1.54) is 38.5 Å². The first-order valence-corrected chi connectivity index (χ1v) is 9.80. The minimum atomic E-state index is -0.351. The smallest absolute Gasteiger partial charge is 0.219 e. The molecule has 2 fully saturated rings. The number of carbonyl (C=O) groups is 1. The van der Waals surface area contributed by atoms with Crippen LogP contribution in [0.1, 0.15) is 44.9 Å². The van der Waals surface area contributed by atoms with Crippen molar-refractivity contribution in [2.24, 2.45) is 5.73 Å². The molecule has 2 saturated carbocycles. The summed E-state index contributed by atoms with van der Waals surface area (Å²) in [6.45, 7) is 1.11. The molecular weight excluding hydrogens is 350 g/mol. The second-order valence-electron chi connectivity index (χ2n) is 7.28. The maximum absolute atomic E-state index is 11.3. The normalized spacial score (nSPS) is 18.0. The van der Waals surface area contributed by atoms with Crippen LogP contribution in [-0.4, -0.2) is 37.2 Å². The Kier molecular flexibility index (Phi) is 4.95. The van der Waals surface area contributed by atoms with Crippen LogP contribution in [0.2, 0.25) is 0 Å². The third-order valence-electron chi connectivity index (χ3n) is 5.35. The number of aromatic nitrogens is 3. The van der Waals surface area contributed by atoms with Crippen molar-refractivity contribution in [2.75, 3.05) is 0 Å². The van der Waals surface area contributed by atoms with Gasteiger partial charge in [0, 0.05) is 25.0 Å². The lowest BCUT2D eigenvalue weighted by Crippen LogP contribution is -2.37. The van der Waals surface area contributed by atoms with Gasteiger partial charge in [0.25, 0.3) is 0 Å². The molecule has 140 valence electrons. The molecule has 7 nitrogen and oxygen atoms in total. The van der Waals surface area contributed by atoms with Crippen molar-refractivity contribution in [1.29, 1.82) is 0 Å². The van der Waals surface area contributed by atoms with E-state index in [2.05, 4.69) is 4.90 Å². The Morgan fingerprint density at radius 3 is 2.65 bits per heavy atom. The summed E-state index contributed by atoms with van der Waals surface area (Å²) in [7, 11) is 0. The molecule has 2 aliphatic rings. The van der Waals surface area contributed by atoms with Gasteiger partial charge in [-0.3, -0.25) is 14.3 Å². The number of nitrogens with two attached hydrogens (primary N) is 1. The highest BCUT2D eigenvalue weighted by Gasteiger charge is 2.35. The monoisotopic (exact) mass is 375 g/mol. The number of furan rings is 1. The molecule has 0 aliphatic heterocycles. The minimum Gasteiger partial charge on any atom is -0.461 e. The Morgan fingerprint density at radius 1 is 1.31 bits per heavy atom. The summed E-state index contributed by atoms with van der Waals surface area (Å²) >= 11 is 5.68. The van der Waals surface area contributed by atoms with Crippen molar-refractivity contribution < 1.29 is 9.21 Å². The van der Waals surface area contributed by atoms with E-state index in [4.69, 9.17) is 27.5 Å². The van der Waals surface area contributed by atoms with Crippen LogP contribution in [0.4, 0.5) is 0 Å². The average molecular weight is 375 g/mol. The predicted molar refractivity (Wildman–Crippen MR) is 99.7 cm³/mol. The number of amides is 1. The zero-order chi connectivity index (χ0) is 18.1. The lowest BCUT2D eigenvalue weighted by Gasteiger charge is -2.28. The molecular formula is C18H25N5O2S. The zero-order valence-electron chi connectivity index (χ0n) is 14.8. The zero-order valence-corrected chi connectivity index (χ0v) is 15.7. The van der Waals surface area contributed by atoms with Gasteiger partial charge in [0.15, 0.2) is 16.4 Å². The fraction of sp³-hybridized carbons (Fsp3) is 0.611. The molecule has 0 bridgehead atoms. The van der Waals surface area contributed by atoms with E-state index < -0.39 is 0 Å². The van der Waals surface area contributed by atoms with E-state index in [0.717, 1.165) is 0 Å². The van der Waals surface area contributed by atoms with E-state index in [0.29, 0.717) is 41.7 Å². The number of carbonyl (C=O) groups excluding carboxylic acids is 1. The lowest BCUT2D eigenvalue weighted by atomic mass is 10.2. The van der Waals surface area contributed by atoms with Crippen molar-refractivity contribution >= 4 is 18.1 Å². The van der Waals surface area contributed by atoms with Crippen molar-refractivity contribution in [3.63, 3.8) is 0 Å². The first-order chi connectivity index (χ1) is 12.6. The molecule has 26 heavy (non-hydrogen) atoms. The van der Waals surface area contributed by atoms with E-state index in [1.54, 1.807) is 6.26 Å². The highest BCUT2D eigenvalue weighted by Crippen LogP contribution is 2.35. The van der Waals surface area contributed by atoms with Crippen molar-refractivity contribution in [2.45, 2.75) is 70.2 Å². The second-order valence-corrected chi connectivity index (χ2v) is 7.64. The molecule has 2 N–H and O–H groups in total. The molecule has 0 unspecified atom stereocenters. The Bertz CT molecular complexity index is 815. The van der Waals surface area contributed by atoms with Crippen LogP contribution < -0.4 is 5.73 Å². The summed E-state index contributed by atoms with van der Waals surface area (Å²) in [5, 5.41) is 4.74.